The first-order valence-corrected chi connectivity index (χ1v) is 13.4. The molecule has 3 fully saturated rings. The highest BCUT2D eigenvalue weighted by Crippen LogP contribution is 2.74. The van der Waals surface area contributed by atoms with Gasteiger partial charge >= 0.3 is 7.60 Å². The maximum Gasteiger partial charge on any atom is 0.331 e. The predicted molar refractivity (Wildman–Crippen MR) is 123 cm³/mol. The number of ether oxygens (including phenoxy) is 2. The minimum atomic E-state index is -3.25. The van der Waals surface area contributed by atoms with Crippen molar-refractivity contribution in [1.29, 1.82) is 0 Å². The summed E-state index contributed by atoms with van der Waals surface area (Å²) in [7, 11) is -3.25. The average Bonchev–Trinajstić information content (AvgIpc) is 2.95. The van der Waals surface area contributed by atoms with Crippen molar-refractivity contribution in [1.82, 2.24) is 19.5 Å². The fourth-order valence-corrected chi connectivity index (χ4v) is 8.07. The van der Waals surface area contributed by atoms with Crippen LogP contribution in [0.25, 0.3) is 11.2 Å². The highest BCUT2D eigenvalue weighted by atomic mass is 31.2. The van der Waals surface area contributed by atoms with Crippen molar-refractivity contribution in [3.8, 4) is 0 Å². The molecule has 3 aliphatic rings. The monoisotopic (exact) mass is 479 g/mol. The molecule has 11 heteroatoms. The van der Waals surface area contributed by atoms with Crippen LogP contribution in [0.1, 0.15) is 60.4 Å². The lowest BCUT2D eigenvalue weighted by Crippen LogP contribution is -2.32. The highest BCUT2D eigenvalue weighted by Gasteiger charge is 2.75. The van der Waals surface area contributed by atoms with Gasteiger partial charge in [0, 0.05) is 5.41 Å². The first-order valence-electron chi connectivity index (χ1n) is 11.7. The molecule has 182 valence electrons. The molecular weight excluding hydrogens is 445 g/mol. The Balaban J connectivity index is 1.46. The van der Waals surface area contributed by atoms with Gasteiger partial charge in [-0.05, 0) is 60.3 Å². The molecule has 33 heavy (non-hydrogen) atoms. The molecule has 1 saturated heterocycles. The number of nitrogens with zero attached hydrogens (tertiary/aromatic N) is 4. The topological polar surface area (TPSA) is 124 Å². The van der Waals surface area contributed by atoms with E-state index in [2.05, 4.69) is 19.5 Å². The Kier molecular flexibility index (Phi) is 5.42. The van der Waals surface area contributed by atoms with Gasteiger partial charge in [0.25, 0.3) is 0 Å². The lowest BCUT2D eigenvalue weighted by molar-refractivity contribution is -0.161. The molecule has 3 heterocycles. The fraction of sp³-hybridized carbons (Fsp3) is 0.773. The summed E-state index contributed by atoms with van der Waals surface area (Å²) in [6.45, 7) is 11.4. The molecule has 0 amide bonds. The van der Waals surface area contributed by atoms with E-state index in [0.29, 0.717) is 29.6 Å². The molecule has 0 bridgehead atoms. The largest absolute Gasteiger partial charge is 0.382 e. The molecular formula is C22H34N5O5P. The Labute approximate surface area is 194 Å². The SMILES string of the molecule is CC(C)OP(=O)(CC[C@]12C[C@@H]1[C@@H](n1cnc3c(N)ncnc31)[C@@H]1OC(C)(C)O[C@@H]12)OC(C)C. The molecule has 2 aromatic rings. The summed E-state index contributed by atoms with van der Waals surface area (Å²) in [5.41, 5.74) is 7.15. The van der Waals surface area contributed by atoms with Gasteiger partial charge in [0.15, 0.2) is 17.3 Å². The molecule has 2 aromatic heterocycles. The van der Waals surface area contributed by atoms with Crippen molar-refractivity contribution in [2.24, 2.45) is 11.3 Å². The second-order valence-electron chi connectivity index (χ2n) is 10.5. The third-order valence-electron chi connectivity index (χ3n) is 6.93. The number of aromatic nitrogens is 4. The molecule has 0 spiro atoms. The van der Waals surface area contributed by atoms with Gasteiger partial charge in [-0.15, -0.1) is 0 Å². The maximum absolute atomic E-state index is 13.5. The van der Waals surface area contributed by atoms with Crippen LogP contribution in [0.15, 0.2) is 12.7 Å². The van der Waals surface area contributed by atoms with Gasteiger partial charge in [0.1, 0.15) is 17.9 Å². The van der Waals surface area contributed by atoms with E-state index in [1.165, 1.54) is 6.33 Å². The molecule has 10 nitrogen and oxygen atoms in total. The quantitative estimate of drug-likeness (QED) is 0.561. The third kappa shape index (κ3) is 3.90. The van der Waals surface area contributed by atoms with Gasteiger partial charge < -0.3 is 28.8 Å². The maximum atomic E-state index is 13.5. The van der Waals surface area contributed by atoms with Gasteiger partial charge in [-0.1, -0.05) is 0 Å². The van der Waals surface area contributed by atoms with E-state index in [0.717, 1.165) is 6.42 Å². The zero-order chi connectivity index (χ0) is 23.8. The number of hydrogen-bond acceptors (Lipinski definition) is 9. The van der Waals surface area contributed by atoms with E-state index in [-0.39, 0.29) is 41.8 Å². The normalized spacial score (nSPS) is 32.6. The van der Waals surface area contributed by atoms with Crippen LogP contribution in [0.4, 0.5) is 5.82 Å². The molecule has 5 rings (SSSR count). The summed E-state index contributed by atoms with van der Waals surface area (Å²) in [5.74, 6) is -0.0638. The van der Waals surface area contributed by atoms with Gasteiger partial charge in [-0.25, -0.2) is 15.0 Å². The zero-order valence-corrected chi connectivity index (χ0v) is 21.0. The first-order chi connectivity index (χ1) is 15.4. The summed E-state index contributed by atoms with van der Waals surface area (Å²) in [6.07, 6.45) is 4.55. The number of nitrogen functional groups attached to an aromatic ring is 1. The van der Waals surface area contributed by atoms with Gasteiger partial charge in [0.2, 0.25) is 0 Å². The Morgan fingerprint density at radius 2 is 1.88 bits per heavy atom. The average molecular weight is 480 g/mol. The van der Waals surface area contributed by atoms with Crippen LogP contribution in [-0.4, -0.2) is 55.9 Å². The van der Waals surface area contributed by atoms with E-state index < -0.39 is 13.4 Å². The van der Waals surface area contributed by atoms with Crippen molar-refractivity contribution in [2.75, 3.05) is 11.9 Å². The lowest BCUT2D eigenvalue weighted by Gasteiger charge is -2.27. The standard InChI is InChI=1S/C22H34N5O5P/c1-12(2)31-33(28,32-13(3)4)8-7-22-9-14(22)16(17-18(22)30-21(5,6)29-17)27-11-26-15-19(23)24-10-25-20(15)27/h10-14,16-18H,7-9H2,1-6H3,(H2,23,24,25)/t14-,16-,17+,18+,22+/m1/s1. The molecule has 0 unspecified atom stereocenters. The lowest BCUT2D eigenvalue weighted by atomic mass is 9.96. The van der Waals surface area contributed by atoms with Gasteiger partial charge in [0.05, 0.1) is 36.8 Å². The number of nitrogens with two attached hydrogens (primary N) is 1. The Morgan fingerprint density at radius 3 is 2.55 bits per heavy atom. The molecule has 2 saturated carbocycles. The first kappa shape index (κ1) is 23.2. The van der Waals surface area contributed by atoms with Crippen molar-refractivity contribution < 1.29 is 23.1 Å². The van der Waals surface area contributed by atoms with E-state index in [9.17, 15) is 4.57 Å². The number of anilines is 1. The van der Waals surface area contributed by atoms with E-state index in [1.54, 1.807) is 6.33 Å². The van der Waals surface area contributed by atoms with Crippen molar-refractivity contribution in [2.45, 2.75) is 90.6 Å². The summed E-state index contributed by atoms with van der Waals surface area (Å²) in [6, 6.07) is -0.00695. The number of hydrogen-bond donors (Lipinski definition) is 1. The summed E-state index contributed by atoms with van der Waals surface area (Å²) in [5, 5.41) is 0. The smallest absolute Gasteiger partial charge is 0.331 e. The van der Waals surface area contributed by atoms with Crippen molar-refractivity contribution in [3.63, 3.8) is 0 Å². The zero-order valence-electron chi connectivity index (χ0n) is 20.1. The molecule has 1 aliphatic heterocycles. The molecule has 0 radical (unpaired) electrons. The molecule has 2 N–H and O–H groups in total. The predicted octanol–water partition coefficient (Wildman–Crippen LogP) is 3.92. The molecule has 2 aliphatic carbocycles. The van der Waals surface area contributed by atoms with E-state index in [1.807, 2.05) is 41.5 Å². The molecule has 5 atom stereocenters. The summed E-state index contributed by atoms with van der Waals surface area (Å²) in [4.78, 5) is 13.0. The van der Waals surface area contributed by atoms with Crippen molar-refractivity contribution in [3.05, 3.63) is 12.7 Å². The van der Waals surface area contributed by atoms with E-state index >= 15 is 0 Å². The van der Waals surface area contributed by atoms with Crippen molar-refractivity contribution >= 4 is 24.6 Å². The van der Waals surface area contributed by atoms with Crippen LogP contribution in [0.3, 0.4) is 0 Å². The Morgan fingerprint density at radius 1 is 1.18 bits per heavy atom. The van der Waals surface area contributed by atoms with Crippen LogP contribution in [0.2, 0.25) is 0 Å². The Hall–Kier alpha value is -1.58. The van der Waals surface area contributed by atoms with Gasteiger partial charge in [-0.3, -0.25) is 4.57 Å². The highest BCUT2D eigenvalue weighted by molar-refractivity contribution is 7.53. The second-order valence-corrected chi connectivity index (χ2v) is 12.6. The second kappa shape index (κ2) is 7.71. The van der Waals surface area contributed by atoms with Crippen LogP contribution in [0.5, 0.6) is 0 Å². The minimum Gasteiger partial charge on any atom is -0.382 e. The number of fused-ring (bicyclic) bond motifs is 4. The van der Waals surface area contributed by atoms with Crippen LogP contribution in [-0.2, 0) is 23.1 Å². The summed E-state index contributed by atoms with van der Waals surface area (Å²) >= 11 is 0. The Bertz CT molecular complexity index is 1090. The summed E-state index contributed by atoms with van der Waals surface area (Å²) < 4.78 is 40.0. The van der Waals surface area contributed by atoms with E-state index in [4.69, 9.17) is 24.3 Å². The number of rotatable bonds is 8. The third-order valence-corrected chi connectivity index (χ3v) is 9.18. The van der Waals surface area contributed by atoms with Crippen LogP contribution in [0, 0.1) is 11.3 Å². The van der Waals surface area contributed by atoms with Crippen LogP contribution < -0.4 is 5.73 Å². The fourth-order valence-electron chi connectivity index (χ4n) is 5.84. The number of imidazole rings is 1. The molecule has 0 aromatic carbocycles. The van der Waals surface area contributed by atoms with Crippen LogP contribution >= 0.6 is 7.60 Å². The van der Waals surface area contributed by atoms with Gasteiger partial charge in [-0.2, -0.15) is 0 Å². The minimum absolute atomic E-state index is 0.00695.